The zero-order valence-electron chi connectivity index (χ0n) is 16.4. The topological polar surface area (TPSA) is 113 Å². The predicted molar refractivity (Wildman–Crippen MR) is 121 cm³/mol. The van der Waals surface area contributed by atoms with Gasteiger partial charge in [-0.1, -0.05) is 41.9 Å². The average molecular weight is 435 g/mol. The number of halogens is 1. The molecule has 0 saturated carbocycles. The molecule has 0 radical (unpaired) electrons. The van der Waals surface area contributed by atoms with Crippen LogP contribution in [0, 0.1) is 0 Å². The van der Waals surface area contributed by atoms with Crippen molar-refractivity contribution in [3.63, 3.8) is 0 Å². The van der Waals surface area contributed by atoms with Crippen molar-refractivity contribution >= 4 is 46.8 Å². The molecule has 156 valence electrons. The number of aromatic nitrogens is 2. The molecule has 0 atom stereocenters. The number of benzene rings is 2. The SMILES string of the molecule is NCc1ncc2c(n1)NC(=O)N(c1cc(NC(=O)C=Cc3ccccc3)ccc1Cl)C2. The predicted octanol–water partition coefficient (Wildman–Crippen LogP) is 3.79. The molecule has 1 aliphatic rings. The number of nitrogens with zero attached hydrogens (tertiary/aromatic N) is 3. The van der Waals surface area contributed by atoms with E-state index >= 15 is 0 Å². The molecule has 2 aromatic carbocycles. The number of nitrogens with one attached hydrogen (secondary N) is 2. The van der Waals surface area contributed by atoms with Gasteiger partial charge in [0, 0.05) is 23.5 Å². The van der Waals surface area contributed by atoms with Gasteiger partial charge in [0.1, 0.15) is 11.6 Å². The number of hydrogen-bond acceptors (Lipinski definition) is 5. The lowest BCUT2D eigenvalue weighted by atomic mass is 10.2. The van der Waals surface area contributed by atoms with E-state index < -0.39 is 0 Å². The molecule has 1 aromatic heterocycles. The molecule has 8 nitrogen and oxygen atoms in total. The van der Waals surface area contributed by atoms with E-state index in [2.05, 4.69) is 20.6 Å². The fraction of sp³-hybridized carbons (Fsp3) is 0.0909. The van der Waals surface area contributed by atoms with E-state index in [-0.39, 0.29) is 25.0 Å². The van der Waals surface area contributed by atoms with E-state index in [0.29, 0.717) is 28.0 Å². The van der Waals surface area contributed by atoms with Crippen LogP contribution >= 0.6 is 11.6 Å². The van der Waals surface area contributed by atoms with Crippen molar-refractivity contribution < 1.29 is 9.59 Å². The van der Waals surface area contributed by atoms with Gasteiger partial charge in [-0.25, -0.2) is 14.8 Å². The van der Waals surface area contributed by atoms with E-state index in [0.717, 1.165) is 11.1 Å². The monoisotopic (exact) mass is 434 g/mol. The lowest BCUT2D eigenvalue weighted by Gasteiger charge is -2.29. The quantitative estimate of drug-likeness (QED) is 0.528. The second-order valence-corrected chi connectivity index (χ2v) is 7.19. The molecule has 0 fully saturated rings. The number of rotatable bonds is 5. The largest absolute Gasteiger partial charge is 0.327 e. The third-order valence-corrected chi connectivity index (χ3v) is 4.95. The highest BCUT2D eigenvalue weighted by Crippen LogP contribution is 2.33. The van der Waals surface area contributed by atoms with E-state index in [1.165, 1.54) is 11.0 Å². The van der Waals surface area contributed by atoms with Gasteiger partial charge in [0.25, 0.3) is 0 Å². The van der Waals surface area contributed by atoms with E-state index in [4.69, 9.17) is 17.3 Å². The first-order valence-corrected chi connectivity index (χ1v) is 9.88. The average Bonchev–Trinajstić information content (AvgIpc) is 2.79. The number of carbonyl (C=O) groups excluding carboxylic acids is 2. The molecule has 4 rings (SSSR count). The van der Waals surface area contributed by atoms with Gasteiger partial charge < -0.3 is 11.1 Å². The number of nitrogens with two attached hydrogens (primary N) is 1. The van der Waals surface area contributed by atoms with Gasteiger partial charge in [-0.15, -0.1) is 0 Å². The summed E-state index contributed by atoms with van der Waals surface area (Å²) in [6.45, 7) is 0.413. The smallest absolute Gasteiger partial charge is 0.324 e. The van der Waals surface area contributed by atoms with Crippen LogP contribution in [0.5, 0.6) is 0 Å². The first-order chi connectivity index (χ1) is 15.0. The van der Waals surface area contributed by atoms with Crippen LogP contribution in [0.25, 0.3) is 6.08 Å². The highest BCUT2D eigenvalue weighted by Gasteiger charge is 2.27. The Kier molecular flexibility index (Phi) is 5.92. The summed E-state index contributed by atoms with van der Waals surface area (Å²) in [6.07, 6.45) is 4.79. The molecule has 0 bridgehead atoms. The van der Waals surface area contributed by atoms with Crippen LogP contribution in [0.3, 0.4) is 0 Å². The summed E-state index contributed by atoms with van der Waals surface area (Å²) in [5.41, 5.74) is 8.17. The van der Waals surface area contributed by atoms with Crippen LogP contribution in [-0.2, 0) is 17.9 Å². The Morgan fingerprint density at radius 2 is 2.06 bits per heavy atom. The van der Waals surface area contributed by atoms with Gasteiger partial charge in [0.05, 0.1) is 23.8 Å². The Morgan fingerprint density at radius 1 is 1.26 bits per heavy atom. The first kappa shape index (κ1) is 20.5. The highest BCUT2D eigenvalue weighted by atomic mass is 35.5. The molecule has 0 unspecified atom stereocenters. The van der Waals surface area contributed by atoms with Crippen molar-refractivity contribution in [2.45, 2.75) is 13.1 Å². The Bertz CT molecular complexity index is 1170. The van der Waals surface area contributed by atoms with Crippen LogP contribution in [-0.4, -0.2) is 21.9 Å². The second-order valence-electron chi connectivity index (χ2n) is 6.78. The lowest BCUT2D eigenvalue weighted by molar-refractivity contribution is -0.111. The Morgan fingerprint density at radius 3 is 2.84 bits per heavy atom. The number of carbonyl (C=O) groups is 2. The zero-order valence-corrected chi connectivity index (χ0v) is 17.1. The van der Waals surface area contributed by atoms with Gasteiger partial charge in [0.2, 0.25) is 5.91 Å². The molecule has 9 heteroatoms. The summed E-state index contributed by atoms with van der Waals surface area (Å²) >= 11 is 6.35. The Labute approximate surface area is 183 Å². The third-order valence-electron chi connectivity index (χ3n) is 4.63. The van der Waals surface area contributed by atoms with Crippen LogP contribution < -0.4 is 21.3 Å². The molecule has 1 aliphatic heterocycles. The minimum absolute atomic E-state index is 0.180. The van der Waals surface area contributed by atoms with Crippen molar-refractivity contribution in [2.24, 2.45) is 5.73 Å². The number of urea groups is 1. The van der Waals surface area contributed by atoms with Crippen LogP contribution in [0.15, 0.2) is 60.8 Å². The molecule has 2 heterocycles. The summed E-state index contributed by atoms with van der Waals surface area (Å²) in [4.78, 5) is 34.8. The maximum absolute atomic E-state index is 12.7. The molecular weight excluding hydrogens is 416 g/mol. The summed E-state index contributed by atoms with van der Waals surface area (Å²) in [5.74, 6) is 0.579. The van der Waals surface area contributed by atoms with Crippen molar-refractivity contribution in [3.05, 3.63) is 82.8 Å². The molecule has 3 aromatic rings. The molecule has 0 aliphatic carbocycles. The molecule has 0 saturated heterocycles. The van der Waals surface area contributed by atoms with E-state index in [9.17, 15) is 9.59 Å². The fourth-order valence-electron chi connectivity index (χ4n) is 3.09. The fourth-order valence-corrected chi connectivity index (χ4v) is 3.31. The van der Waals surface area contributed by atoms with Crippen LogP contribution in [0.4, 0.5) is 22.0 Å². The normalized spacial score (nSPS) is 13.1. The van der Waals surface area contributed by atoms with Gasteiger partial charge in [-0.3, -0.25) is 15.0 Å². The Balaban J connectivity index is 1.53. The summed E-state index contributed by atoms with van der Waals surface area (Å²) in [7, 11) is 0. The Hall–Kier alpha value is -3.75. The minimum Gasteiger partial charge on any atom is -0.324 e. The third kappa shape index (κ3) is 4.71. The van der Waals surface area contributed by atoms with E-state index in [1.54, 1.807) is 30.5 Å². The van der Waals surface area contributed by atoms with E-state index in [1.807, 2.05) is 30.3 Å². The van der Waals surface area contributed by atoms with Gasteiger partial charge in [-0.2, -0.15) is 0 Å². The molecular formula is C22H19ClN6O2. The van der Waals surface area contributed by atoms with Gasteiger partial charge in [0.15, 0.2) is 0 Å². The molecule has 0 spiro atoms. The lowest BCUT2D eigenvalue weighted by Crippen LogP contribution is -2.39. The van der Waals surface area contributed by atoms with Crippen molar-refractivity contribution in [1.82, 2.24) is 9.97 Å². The van der Waals surface area contributed by atoms with Crippen molar-refractivity contribution in [2.75, 3.05) is 15.5 Å². The minimum atomic E-state index is -0.386. The van der Waals surface area contributed by atoms with Gasteiger partial charge >= 0.3 is 6.03 Å². The molecule has 4 N–H and O–H groups in total. The van der Waals surface area contributed by atoms with Crippen molar-refractivity contribution in [3.8, 4) is 0 Å². The number of hydrogen-bond donors (Lipinski definition) is 3. The standard InChI is InChI=1S/C22H19ClN6O2/c23-17-8-7-16(26-20(30)9-6-14-4-2-1-3-5-14)10-18(17)29-13-15-12-25-19(11-24)27-21(15)28-22(29)31/h1-10,12H,11,13,24H2,(H,26,30)(H,25,27,28,31). The summed E-state index contributed by atoms with van der Waals surface area (Å²) in [6, 6.07) is 14.1. The second kappa shape index (κ2) is 8.95. The van der Waals surface area contributed by atoms with Crippen molar-refractivity contribution in [1.29, 1.82) is 0 Å². The highest BCUT2D eigenvalue weighted by molar-refractivity contribution is 6.34. The maximum Gasteiger partial charge on any atom is 0.327 e. The molecule has 31 heavy (non-hydrogen) atoms. The zero-order chi connectivity index (χ0) is 21.8. The number of anilines is 3. The van der Waals surface area contributed by atoms with Crippen LogP contribution in [0.1, 0.15) is 17.0 Å². The summed E-state index contributed by atoms with van der Waals surface area (Å²) in [5, 5.41) is 5.89. The van der Waals surface area contributed by atoms with Gasteiger partial charge in [-0.05, 0) is 29.8 Å². The number of fused-ring (bicyclic) bond motifs is 1. The molecule has 3 amide bonds. The maximum atomic E-state index is 12.7. The van der Waals surface area contributed by atoms with Crippen LogP contribution in [0.2, 0.25) is 5.02 Å². The number of amides is 3. The first-order valence-electron chi connectivity index (χ1n) is 9.50. The summed E-state index contributed by atoms with van der Waals surface area (Å²) < 4.78 is 0.